The Morgan fingerprint density at radius 1 is 1.08 bits per heavy atom. The topological polar surface area (TPSA) is 84.2 Å². The summed E-state index contributed by atoms with van der Waals surface area (Å²) in [6.45, 7) is 1.88. The van der Waals surface area contributed by atoms with Gasteiger partial charge in [-0.25, -0.2) is 4.79 Å². The summed E-state index contributed by atoms with van der Waals surface area (Å²) in [5.74, 6) is -0.197. The maximum atomic E-state index is 12.0. The van der Waals surface area contributed by atoms with E-state index in [1.54, 1.807) is 30.3 Å². The van der Waals surface area contributed by atoms with Crippen molar-refractivity contribution in [2.24, 2.45) is 5.73 Å². The van der Waals surface area contributed by atoms with Gasteiger partial charge in [0.05, 0.1) is 6.04 Å². The minimum Gasteiger partial charge on any atom is -0.351 e. The average molecular weight is 344 g/mol. The first-order valence-corrected chi connectivity index (χ1v) is 7.72. The number of halogens is 1. The third kappa shape index (κ3) is 5.44. The van der Waals surface area contributed by atoms with E-state index in [9.17, 15) is 9.59 Å². The lowest BCUT2D eigenvalue weighted by Crippen LogP contribution is -2.24. The average Bonchev–Trinajstić information content (AvgIpc) is 2.54. The first-order valence-electron chi connectivity index (χ1n) is 7.34. The van der Waals surface area contributed by atoms with Crippen LogP contribution in [0.3, 0.4) is 0 Å². The highest BCUT2D eigenvalue weighted by atomic mass is 35.5. The summed E-state index contributed by atoms with van der Waals surface area (Å²) < 4.78 is 0. The Bertz CT molecular complexity index is 740. The van der Waals surface area contributed by atoms with Crippen LogP contribution in [0.5, 0.6) is 0 Å². The Hall–Kier alpha value is -2.79. The van der Waals surface area contributed by atoms with Crippen LogP contribution in [0, 0.1) is 0 Å². The molecule has 0 fully saturated rings. The zero-order valence-corrected chi connectivity index (χ0v) is 13.9. The van der Waals surface area contributed by atoms with E-state index in [1.165, 1.54) is 6.08 Å². The molecule has 3 amide bonds. The Morgan fingerprint density at radius 3 is 2.29 bits per heavy atom. The second kappa shape index (κ2) is 8.17. The lowest BCUT2D eigenvalue weighted by molar-refractivity contribution is -0.117. The van der Waals surface area contributed by atoms with Crippen molar-refractivity contribution in [3.8, 4) is 0 Å². The van der Waals surface area contributed by atoms with Crippen LogP contribution >= 0.6 is 11.6 Å². The van der Waals surface area contributed by atoms with Crippen molar-refractivity contribution < 1.29 is 9.59 Å². The molecule has 0 aliphatic carbocycles. The summed E-state index contributed by atoms with van der Waals surface area (Å²) >= 11 is 5.82. The molecule has 0 spiro atoms. The minimum absolute atomic E-state index is 0.171. The Kier molecular flexibility index (Phi) is 5.98. The van der Waals surface area contributed by atoms with Crippen molar-refractivity contribution in [2.45, 2.75) is 13.0 Å². The zero-order chi connectivity index (χ0) is 17.5. The Balaban J connectivity index is 1.93. The normalized spacial score (nSPS) is 11.9. The fourth-order valence-electron chi connectivity index (χ4n) is 2.09. The van der Waals surface area contributed by atoms with Crippen LogP contribution in [-0.2, 0) is 4.79 Å². The maximum absolute atomic E-state index is 12.0. The van der Waals surface area contributed by atoms with Crippen LogP contribution in [0.4, 0.5) is 10.5 Å². The summed E-state index contributed by atoms with van der Waals surface area (Å²) in [7, 11) is 0. The molecule has 0 aromatic heterocycles. The van der Waals surface area contributed by atoms with Crippen LogP contribution in [0.2, 0.25) is 5.02 Å². The van der Waals surface area contributed by atoms with Crippen LogP contribution in [0.1, 0.15) is 24.1 Å². The molecule has 6 heteroatoms. The molecule has 0 aliphatic heterocycles. The number of anilines is 1. The van der Waals surface area contributed by atoms with E-state index in [-0.39, 0.29) is 11.9 Å². The number of amides is 3. The van der Waals surface area contributed by atoms with Gasteiger partial charge in [-0.2, -0.15) is 0 Å². The van der Waals surface area contributed by atoms with Crippen molar-refractivity contribution in [1.82, 2.24) is 5.32 Å². The first kappa shape index (κ1) is 17.6. The van der Waals surface area contributed by atoms with Crippen molar-refractivity contribution in [1.29, 1.82) is 0 Å². The molecule has 2 aromatic carbocycles. The summed E-state index contributed by atoms with van der Waals surface area (Å²) in [5, 5.41) is 6.01. The van der Waals surface area contributed by atoms with Gasteiger partial charge in [-0.15, -0.1) is 0 Å². The van der Waals surface area contributed by atoms with Gasteiger partial charge in [0.15, 0.2) is 0 Å². The van der Waals surface area contributed by atoms with E-state index in [4.69, 9.17) is 17.3 Å². The fourth-order valence-corrected chi connectivity index (χ4v) is 2.21. The molecule has 124 valence electrons. The number of nitrogens with two attached hydrogens (primary N) is 1. The van der Waals surface area contributed by atoms with Crippen LogP contribution in [0.15, 0.2) is 54.6 Å². The molecule has 1 atom stereocenters. The molecule has 5 nitrogen and oxygen atoms in total. The summed E-state index contributed by atoms with van der Waals surface area (Å²) in [4.78, 5) is 22.8. The molecule has 0 radical (unpaired) electrons. The molecule has 4 N–H and O–H groups in total. The molecular formula is C18H18ClN3O2. The number of carbonyl (C=O) groups excluding carboxylic acids is 2. The van der Waals surface area contributed by atoms with E-state index in [1.807, 2.05) is 31.2 Å². The van der Waals surface area contributed by atoms with Gasteiger partial charge in [-0.1, -0.05) is 35.9 Å². The molecule has 0 aliphatic rings. The van der Waals surface area contributed by atoms with Gasteiger partial charge in [0.25, 0.3) is 0 Å². The van der Waals surface area contributed by atoms with Crippen molar-refractivity contribution in [2.75, 3.05) is 5.32 Å². The van der Waals surface area contributed by atoms with E-state index in [0.29, 0.717) is 10.7 Å². The second-order valence-corrected chi connectivity index (χ2v) is 5.66. The van der Waals surface area contributed by atoms with Gasteiger partial charge >= 0.3 is 6.03 Å². The summed E-state index contributed by atoms with van der Waals surface area (Å²) in [6, 6.07) is 13.5. The number of rotatable bonds is 5. The summed E-state index contributed by atoms with van der Waals surface area (Å²) in [5.41, 5.74) is 7.47. The van der Waals surface area contributed by atoms with Gasteiger partial charge < -0.3 is 16.4 Å². The van der Waals surface area contributed by atoms with Crippen molar-refractivity contribution in [3.63, 3.8) is 0 Å². The van der Waals surface area contributed by atoms with E-state index < -0.39 is 6.03 Å². The third-order valence-electron chi connectivity index (χ3n) is 3.33. The maximum Gasteiger partial charge on any atom is 0.316 e. The fraction of sp³-hybridized carbons (Fsp3) is 0.111. The highest BCUT2D eigenvalue weighted by molar-refractivity contribution is 6.30. The Morgan fingerprint density at radius 2 is 1.71 bits per heavy atom. The number of urea groups is 1. The standard InChI is InChI=1S/C18H18ClN3O2/c1-12(14-5-9-16(10-6-14)22-18(20)24)21-17(23)11-4-13-2-7-15(19)8-3-13/h2-12H,1H3,(H,21,23)(H3,20,22,24)/b11-4-/t12-/m0/s1. The SMILES string of the molecule is C[C@H](NC(=O)/C=C\c1ccc(Cl)cc1)c1ccc(NC(N)=O)cc1. The smallest absolute Gasteiger partial charge is 0.316 e. The van der Waals surface area contributed by atoms with Crippen LogP contribution in [0.25, 0.3) is 6.08 Å². The van der Waals surface area contributed by atoms with Gasteiger partial charge in [0, 0.05) is 16.8 Å². The van der Waals surface area contributed by atoms with Gasteiger partial charge in [-0.3, -0.25) is 4.79 Å². The lowest BCUT2D eigenvalue weighted by atomic mass is 10.1. The molecule has 0 heterocycles. The molecule has 0 unspecified atom stereocenters. The number of benzene rings is 2. The number of primary amides is 1. The van der Waals surface area contributed by atoms with Crippen LogP contribution < -0.4 is 16.4 Å². The highest BCUT2D eigenvalue weighted by Gasteiger charge is 2.07. The highest BCUT2D eigenvalue weighted by Crippen LogP contribution is 2.16. The monoisotopic (exact) mass is 343 g/mol. The quantitative estimate of drug-likeness (QED) is 0.723. The number of hydrogen-bond donors (Lipinski definition) is 3. The van der Waals surface area contributed by atoms with Crippen molar-refractivity contribution in [3.05, 3.63) is 70.8 Å². The minimum atomic E-state index is -0.614. The van der Waals surface area contributed by atoms with E-state index in [2.05, 4.69) is 10.6 Å². The predicted octanol–water partition coefficient (Wildman–Crippen LogP) is 3.72. The Labute approximate surface area is 145 Å². The van der Waals surface area contributed by atoms with Gasteiger partial charge in [0.2, 0.25) is 5.91 Å². The van der Waals surface area contributed by atoms with Gasteiger partial charge in [-0.05, 0) is 48.4 Å². The number of nitrogens with one attached hydrogen (secondary N) is 2. The van der Waals surface area contributed by atoms with E-state index >= 15 is 0 Å². The number of hydrogen-bond acceptors (Lipinski definition) is 2. The van der Waals surface area contributed by atoms with Crippen molar-refractivity contribution >= 4 is 35.3 Å². The molecule has 24 heavy (non-hydrogen) atoms. The molecule has 2 aromatic rings. The molecular weight excluding hydrogens is 326 g/mol. The zero-order valence-electron chi connectivity index (χ0n) is 13.1. The predicted molar refractivity (Wildman–Crippen MR) is 96.7 cm³/mol. The summed E-state index contributed by atoms with van der Waals surface area (Å²) in [6.07, 6.45) is 3.20. The second-order valence-electron chi connectivity index (χ2n) is 5.23. The largest absolute Gasteiger partial charge is 0.351 e. The molecule has 0 saturated carbocycles. The molecule has 0 saturated heterocycles. The third-order valence-corrected chi connectivity index (χ3v) is 3.59. The molecule has 0 bridgehead atoms. The molecule has 2 rings (SSSR count). The van der Waals surface area contributed by atoms with Gasteiger partial charge in [0.1, 0.15) is 0 Å². The van der Waals surface area contributed by atoms with E-state index in [0.717, 1.165) is 11.1 Å². The van der Waals surface area contributed by atoms with Crippen LogP contribution in [-0.4, -0.2) is 11.9 Å². The lowest BCUT2D eigenvalue weighted by Gasteiger charge is -2.13. The first-order chi connectivity index (χ1) is 11.4. The number of carbonyl (C=O) groups is 2.